The lowest BCUT2D eigenvalue weighted by Crippen LogP contribution is -1.88. The lowest BCUT2D eigenvalue weighted by molar-refractivity contribution is 0.541. The van der Waals surface area contributed by atoms with Crippen molar-refractivity contribution in [2.24, 2.45) is 23.7 Å². The molecule has 0 radical (unpaired) electrons. The number of allylic oxidation sites excluding steroid dienone is 4. The Bertz CT molecular complexity index is 190. The molecule has 3 aliphatic rings. The second-order valence-corrected chi connectivity index (χ2v) is 4.97. The third-order valence-electron chi connectivity index (χ3n) is 3.92. The van der Waals surface area contributed by atoms with Gasteiger partial charge >= 0.3 is 0 Å². The maximum Gasteiger partial charge on any atom is -0.0316 e. The Balaban J connectivity index is 0.000000110. The summed E-state index contributed by atoms with van der Waals surface area (Å²) in [6, 6.07) is 0. The molecule has 0 N–H and O–H groups in total. The zero-order chi connectivity index (χ0) is 9.97. The minimum Gasteiger partial charge on any atom is -0.0882 e. The van der Waals surface area contributed by atoms with Gasteiger partial charge in [0.05, 0.1) is 0 Å². The summed E-state index contributed by atoms with van der Waals surface area (Å²) in [7, 11) is 0. The van der Waals surface area contributed by atoms with Crippen molar-refractivity contribution in [2.45, 2.75) is 39.5 Å². The largest absolute Gasteiger partial charge is 0.0882 e. The highest BCUT2D eigenvalue weighted by atomic mass is 14.7. The van der Waals surface area contributed by atoms with Crippen LogP contribution in [0.15, 0.2) is 24.3 Å². The topological polar surface area (TPSA) is 0 Å². The molecule has 0 nitrogen and oxygen atoms in total. The highest BCUT2D eigenvalue weighted by Gasteiger charge is 2.67. The number of rotatable bonds is 0. The van der Waals surface area contributed by atoms with Crippen LogP contribution in [-0.2, 0) is 0 Å². The first kappa shape index (κ1) is 10.0. The molecule has 2 fully saturated rings. The number of hydrogen-bond acceptors (Lipinski definition) is 0. The minimum atomic E-state index is 1.12. The molecule has 0 bridgehead atoms. The highest BCUT2D eigenvalue weighted by molar-refractivity contribution is 5.15. The van der Waals surface area contributed by atoms with Crippen LogP contribution >= 0.6 is 0 Å². The fourth-order valence-electron chi connectivity index (χ4n) is 2.72. The van der Waals surface area contributed by atoms with Crippen LogP contribution in [0, 0.1) is 23.7 Å². The minimum absolute atomic E-state index is 1.12. The van der Waals surface area contributed by atoms with Gasteiger partial charge in [0.1, 0.15) is 0 Å². The Morgan fingerprint density at radius 3 is 1.07 bits per heavy atom. The molecule has 0 aliphatic heterocycles. The molecule has 0 saturated heterocycles. The van der Waals surface area contributed by atoms with Gasteiger partial charge in [0.15, 0.2) is 0 Å². The third kappa shape index (κ3) is 2.29. The van der Waals surface area contributed by atoms with Crippen LogP contribution in [0.25, 0.3) is 0 Å². The van der Waals surface area contributed by atoms with Crippen LogP contribution in [0.3, 0.4) is 0 Å². The zero-order valence-electron chi connectivity index (χ0n) is 9.45. The molecule has 0 heteroatoms. The van der Waals surface area contributed by atoms with Gasteiger partial charge in [0, 0.05) is 0 Å². The summed E-state index contributed by atoms with van der Waals surface area (Å²) in [5.41, 5.74) is 0. The molecule has 0 aromatic heterocycles. The van der Waals surface area contributed by atoms with Crippen molar-refractivity contribution >= 4 is 0 Å². The van der Waals surface area contributed by atoms with Crippen molar-refractivity contribution in [3.05, 3.63) is 24.3 Å². The maximum atomic E-state index is 2.36. The van der Waals surface area contributed by atoms with Crippen molar-refractivity contribution in [3.8, 4) is 0 Å². The second kappa shape index (κ2) is 4.33. The van der Waals surface area contributed by atoms with E-state index < -0.39 is 0 Å². The molecule has 3 rings (SSSR count). The van der Waals surface area contributed by atoms with E-state index in [1.807, 2.05) is 0 Å². The van der Waals surface area contributed by atoms with Gasteiger partial charge in [-0.2, -0.15) is 0 Å². The molecule has 0 atom stereocenters. The van der Waals surface area contributed by atoms with E-state index in [0.29, 0.717) is 0 Å². The monoisotopic (exact) mass is 190 g/mol. The van der Waals surface area contributed by atoms with Gasteiger partial charge in [0.25, 0.3) is 0 Å². The zero-order valence-corrected chi connectivity index (χ0v) is 9.45. The summed E-state index contributed by atoms with van der Waals surface area (Å²) in [6.45, 7) is 4.71. The molecule has 0 unspecified atom stereocenters. The summed E-state index contributed by atoms with van der Waals surface area (Å²) in [6.07, 6.45) is 14.0. The van der Waals surface area contributed by atoms with Crippen molar-refractivity contribution in [1.82, 2.24) is 0 Å². The molecule has 0 aromatic rings. The predicted octanol–water partition coefficient (Wildman–Crippen LogP) is 4.19. The summed E-state index contributed by atoms with van der Waals surface area (Å²) < 4.78 is 0. The Morgan fingerprint density at radius 1 is 0.643 bits per heavy atom. The molecule has 2 saturated carbocycles. The molecule has 0 heterocycles. The van der Waals surface area contributed by atoms with Crippen molar-refractivity contribution < 1.29 is 0 Å². The quantitative estimate of drug-likeness (QED) is 0.502. The fraction of sp³-hybridized carbons (Fsp3) is 0.714. The summed E-state index contributed by atoms with van der Waals surface area (Å²) >= 11 is 0. The molecule has 14 heavy (non-hydrogen) atoms. The maximum absolute atomic E-state index is 2.36. The number of fused-ring (bicyclic) bond motifs is 1. The van der Waals surface area contributed by atoms with Crippen LogP contribution in [-0.4, -0.2) is 0 Å². The summed E-state index contributed by atoms with van der Waals surface area (Å²) in [4.78, 5) is 0. The average molecular weight is 190 g/mol. The van der Waals surface area contributed by atoms with Gasteiger partial charge in [-0.15, -0.1) is 0 Å². The Morgan fingerprint density at radius 2 is 0.929 bits per heavy atom. The molecule has 3 aliphatic carbocycles. The van der Waals surface area contributed by atoms with Crippen LogP contribution in [0.4, 0.5) is 0 Å². The molecule has 0 amide bonds. The van der Waals surface area contributed by atoms with Gasteiger partial charge in [0.2, 0.25) is 0 Å². The molecular weight excluding hydrogens is 168 g/mol. The van der Waals surface area contributed by atoms with Crippen molar-refractivity contribution in [3.63, 3.8) is 0 Å². The van der Waals surface area contributed by atoms with E-state index >= 15 is 0 Å². The SMILES string of the molecule is C1=CCC/C=C\CC1.CC1C2C(C)C12. The van der Waals surface area contributed by atoms with E-state index in [2.05, 4.69) is 38.2 Å². The van der Waals surface area contributed by atoms with Crippen LogP contribution in [0.5, 0.6) is 0 Å². The Hall–Kier alpha value is -0.520. The third-order valence-corrected chi connectivity index (χ3v) is 3.92. The lowest BCUT2D eigenvalue weighted by Gasteiger charge is -1.94. The first-order valence-corrected chi connectivity index (χ1v) is 6.12. The first-order chi connectivity index (χ1) is 6.82. The lowest BCUT2D eigenvalue weighted by atomic mass is 10.1. The smallest absolute Gasteiger partial charge is 0.0316 e. The summed E-state index contributed by atoms with van der Waals surface area (Å²) in [5.74, 6) is 4.62. The van der Waals surface area contributed by atoms with Gasteiger partial charge in [-0.05, 0) is 49.4 Å². The highest BCUT2D eigenvalue weighted by Crippen LogP contribution is 2.72. The Kier molecular flexibility index (Phi) is 3.10. The second-order valence-electron chi connectivity index (χ2n) is 4.97. The van der Waals surface area contributed by atoms with E-state index in [1.165, 1.54) is 37.5 Å². The average Bonchev–Trinajstić information content (AvgIpc) is 2.96. The van der Waals surface area contributed by atoms with Crippen LogP contribution in [0.2, 0.25) is 0 Å². The van der Waals surface area contributed by atoms with Crippen molar-refractivity contribution in [1.29, 1.82) is 0 Å². The van der Waals surface area contributed by atoms with E-state index in [4.69, 9.17) is 0 Å². The van der Waals surface area contributed by atoms with Crippen molar-refractivity contribution in [2.75, 3.05) is 0 Å². The Labute approximate surface area is 88.1 Å². The molecular formula is C14H22. The van der Waals surface area contributed by atoms with E-state index in [9.17, 15) is 0 Å². The number of hydrogen-bond donors (Lipinski definition) is 0. The fourth-order valence-corrected chi connectivity index (χ4v) is 2.72. The van der Waals surface area contributed by atoms with Gasteiger partial charge < -0.3 is 0 Å². The molecule has 0 aromatic carbocycles. The van der Waals surface area contributed by atoms with Gasteiger partial charge in [-0.25, -0.2) is 0 Å². The van der Waals surface area contributed by atoms with Crippen LogP contribution in [0.1, 0.15) is 39.5 Å². The van der Waals surface area contributed by atoms with E-state index in [0.717, 1.165) is 11.8 Å². The molecule has 0 spiro atoms. The predicted molar refractivity (Wildman–Crippen MR) is 62.1 cm³/mol. The van der Waals surface area contributed by atoms with Gasteiger partial charge in [-0.3, -0.25) is 0 Å². The first-order valence-electron chi connectivity index (χ1n) is 6.12. The normalized spacial score (nSPS) is 45.0. The standard InChI is InChI=1S/C8H12.C6H10/c1-2-4-6-8-7-5-3-1;1-3-5-4(2)6(3)5/h1-2,7-8H,3-6H2;3-6H,1-2H3/b2-1-,8-7?;. The van der Waals surface area contributed by atoms with E-state index in [1.54, 1.807) is 0 Å². The van der Waals surface area contributed by atoms with E-state index in [-0.39, 0.29) is 0 Å². The summed E-state index contributed by atoms with van der Waals surface area (Å²) in [5, 5.41) is 0. The molecule has 78 valence electrons. The van der Waals surface area contributed by atoms with Crippen LogP contribution < -0.4 is 0 Å². The van der Waals surface area contributed by atoms with Gasteiger partial charge in [-0.1, -0.05) is 38.2 Å².